The number of ketones is 1. The fourth-order valence-electron chi connectivity index (χ4n) is 1.24. The first-order valence-corrected chi connectivity index (χ1v) is 5.04. The van der Waals surface area contributed by atoms with E-state index in [0.29, 0.717) is 6.54 Å². The van der Waals surface area contributed by atoms with Crippen molar-refractivity contribution in [2.45, 2.75) is 27.2 Å². The monoisotopic (exact) mass is 193 g/mol. The van der Waals surface area contributed by atoms with Crippen LogP contribution in [0.4, 0.5) is 0 Å². The maximum Gasteiger partial charge on any atom is 0.160 e. The molecule has 0 spiro atoms. The number of Topliss-reactive ketones (excluding diaryl/α,β-unsaturated/α-hetero) is 1. The lowest BCUT2D eigenvalue weighted by molar-refractivity contribution is 0.101. The predicted molar refractivity (Wildman–Crippen MR) is 60.6 cm³/mol. The van der Waals surface area contributed by atoms with E-state index in [0.717, 1.165) is 17.5 Å². The first-order valence-electron chi connectivity index (χ1n) is 5.04. The van der Waals surface area contributed by atoms with E-state index >= 15 is 0 Å². The SMILES string of the molecule is CC.CC(=O)c1ccccc1CCN. The summed E-state index contributed by atoms with van der Waals surface area (Å²) in [7, 11) is 0. The molecule has 2 heteroatoms. The van der Waals surface area contributed by atoms with Crippen molar-refractivity contribution in [2.24, 2.45) is 5.73 Å². The van der Waals surface area contributed by atoms with E-state index in [9.17, 15) is 4.79 Å². The van der Waals surface area contributed by atoms with E-state index in [4.69, 9.17) is 5.73 Å². The number of nitrogens with two attached hydrogens (primary N) is 1. The van der Waals surface area contributed by atoms with Crippen LogP contribution in [0.5, 0.6) is 0 Å². The molecular weight excluding hydrogens is 174 g/mol. The van der Waals surface area contributed by atoms with Gasteiger partial charge in [0.15, 0.2) is 5.78 Å². The van der Waals surface area contributed by atoms with Crippen LogP contribution in [-0.2, 0) is 6.42 Å². The van der Waals surface area contributed by atoms with Gasteiger partial charge in [-0.25, -0.2) is 0 Å². The van der Waals surface area contributed by atoms with Crippen molar-refractivity contribution in [1.82, 2.24) is 0 Å². The molecule has 0 amide bonds. The van der Waals surface area contributed by atoms with Gasteiger partial charge in [0.2, 0.25) is 0 Å². The Labute approximate surface area is 86.1 Å². The molecule has 0 radical (unpaired) electrons. The van der Waals surface area contributed by atoms with E-state index in [2.05, 4.69) is 0 Å². The number of carbonyl (C=O) groups is 1. The molecule has 2 nitrogen and oxygen atoms in total. The van der Waals surface area contributed by atoms with Crippen LogP contribution in [0, 0.1) is 0 Å². The lowest BCUT2D eigenvalue weighted by Gasteiger charge is -2.03. The molecule has 0 aromatic heterocycles. The topological polar surface area (TPSA) is 43.1 Å². The predicted octanol–water partition coefficient (Wildman–Crippen LogP) is 2.42. The van der Waals surface area contributed by atoms with Crippen molar-refractivity contribution >= 4 is 5.78 Å². The maximum absolute atomic E-state index is 11.1. The fraction of sp³-hybridized carbons (Fsp3) is 0.417. The Morgan fingerprint density at radius 3 is 2.36 bits per heavy atom. The molecule has 0 unspecified atom stereocenters. The smallest absolute Gasteiger partial charge is 0.160 e. The zero-order valence-electron chi connectivity index (χ0n) is 9.21. The highest BCUT2D eigenvalue weighted by Crippen LogP contribution is 2.09. The number of benzene rings is 1. The Morgan fingerprint density at radius 1 is 1.29 bits per heavy atom. The standard InChI is InChI=1S/C10H13NO.C2H6/c1-8(12)10-5-3-2-4-9(10)6-7-11;1-2/h2-5H,6-7,11H2,1H3;1-2H3. The number of hydrogen-bond donors (Lipinski definition) is 1. The summed E-state index contributed by atoms with van der Waals surface area (Å²) in [6.07, 6.45) is 0.774. The van der Waals surface area contributed by atoms with Gasteiger partial charge in [0.25, 0.3) is 0 Å². The fourth-order valence-corrected chi connectivity index (χ4v) is 1.24. The number of hydrogen-bond acceptors (Lipinski definition) is 2. The van der Waals surface area contributed by atoms with Crippen molar-refractivity contribution in [3.05, 3.63) is 35.4 Å². The summed E-state index contributed by atoms with van der Waals surface area (Å²) in [5.41, 5.74) is 7.26. The van der Waals surface area contributed by atoms with Gasteiger partial charge in [0.1, 0.15) is 0 Å². The second-order valence-corrected chi connectivity index (χ2v) is 2.75. The van der Waals surface area contributed by atoms with Gasteiger partial charge in [0.05, 0.1) is 0 Å². The second-order valence-electron chi connectivity index (χ2n) is 2.75. The van der Waals surface area contributed by atoms with Crippen molar-refractivity contribution in [3.63, 3.8) is 0 Å². The van der Waals surface area contributed by atoms with E-state index < -0.39 is 0 Å². The average Bonchev–Trinajstić information content (AvgIpc) is 2.22. The maximum atomic E-state index is 11.1. The molecule has 1 rings (SSSR count). The van der Waals surface area contributed by atoms with Crippen LogP contribution in [-0.4, -0.2) is 12.3 Å². The Bertz CT molecular complexity index is 281. The lowest BCUT2D eigenvalue weighted by atomic mass is 10.0. The highest BCUT2D eigenvalue weighted by atomic mass is 16.1. The quantitative estimate of drug-likeness (QED) is 0.749. The summed E-state index contributed by atoms with van der Waals surface area (Å²) in [5, 5.41) is 0. The van der Waals surface area contributed by atoms with Crippen LogP contribution in [0.1, 0.15) is 36.7 Å². The first kappa shape index (κ1) is 12.8. The molecule has 1 aromatic rings. The lowest BCUT2D eigenvalue weighted by Crippen LogP contribution is -2.07. The average molecular weight is 193 g/mol. The molecule has 78 valence electrons. The third kappa shape index (κ3) is 3.71. The zero-order chi connectivity index (χ0) is 11.0. The number of carbonyl (C=O) groups excluding carboxylic acids is 1. The minimum absolute atomic E-state index is 0.110. The van der Waals surface area contributed by atoms with Gasteiger partial charge in [-0.05, 0) is 25.5 Å². The molecule has 0 bridgehead atoms. The van der Waals surface area contributed by atoms with Gasteiger partial charge < -0.3 is 5.73 Å². The van der Waals surface area contributed by atoms with Gasteiger partial charge in [-0.3, -0.25) is 4.79 Å². The normalized spacial score (nSPS) is 8.86. The largest absolute Gasteiger partial charge is 0.330 e. The van der Waals surface area contributed by atoms with E-state index in [-0.39, 0.29) is 5.78 Å². The molecule has 2 N–H and O–H groups in total. The molecule has 0 fully saturated rings. The van der Waals surface area contributed by atoms with E-state index in [1.807, 2.05) is 38.1 Å². The summed E-state index contributed by atoms with van der Waals surface area (Å²) < 4.78 is 0. The van der Waals surface area contributed by atoms with E-state index in [1.54, 1.807) is 6.92 Å². The zero-order valence-corrected chi connectivity index (χ0v) is 9.21. The van der Waals surface area contributed by atoms with Gasteiger partial charge in [-0.1, -0.05) is 38.1 Å². The van der Waals surface area contributed by atoms with Crippen LogP contribution in [0.2, 0.25) is 0 Å². The molecule has 0 heterocycles. The van der Waals surface area contributed by atoms with Gasteiger partial charge >= 0.3 is 0 Å². The molecular formula is C12H19NO. The summed E-state index contributed by atoms with van der Waals surface area (Å²) in [4.78, 5) is 11.1. The third-order valence-corrected chi connectivity index (χ3v) is 1.81. The molecule has 0 saturated heterocycles. The van der Waals surface area contributed by atoms with Crippen LogP contribution in [0.25, 0.3) is 0 Å². The third-order valence-electron chi connectivity index (χ3n) is 1.81. The minimum Gasteiger partial charge on any atom is -0.330 e. The molecule has 0 atom stereocenters. The van der Waals surface area contributed by atoms with Gasteiger partial charge in [0, 0.05) is 5.56 Å². The van der Waals surface area contributed by atoms with Crippen molar-refractivity contribution in [1.29, 1.82) is 0 Å². The van der Waals surface area contributed by atoms with Crippen LogP contribution < -0.4 is 5.73 Å². The summed E-state index contributed by atoms with van der Waals surface area (Å²) in [6, 6.07) is 7.59. The highest BCUT2D eigenvalue weighted by Gasteiger charge is 2.03. The van der Waals surface area contributed by atoms with Crippen LogP contribution >= 0.6 is 0 Å². The number of rotatable bonds is 3. The Balaban J connectivity index is 0.000000791. The molecule has 14 heavy (non-hydrogen) atoms. The molecule has 0 saturated carbocycles. The van der Waals surface area contributed by atoms with Crippen LogP contribution in [0.15, 0.2) is 24.3 Å². The van der Waals surface area contributed by atoms with Crippen molar-refractivity contribution in [3.8, 4) is 0 Å². The van der Waals surface area contributed by atoms with E-state index in [1.165, 1.54) is 0 Å². The summed E-state index contributed by atoms with van der Waals surface area (Å²) in [6.45, 7) is 6.17. The van der Waals surface area contributed by atoms with Gasteiger partial charge in [-0.2, -0.15) is 0 Å². The molecule has 1 aromatic carbocycles. The highest BCUT2D eigenvalue weighted by molar-refractivity contribution is 5.95. The molecule has 0 aliphatic heterocycles. The van der Waals surface area contributed by atoms with Crippen molar-refractivity contribution < 1.29 is 4.79 Å². The summed E-state index contributed by atoms with van der Waals surface area (Å²) in [5.74, 6) is 0.110. The van der Waals surface area contributed by atoms with Crippen molar-refractivity contribution in [2.75, 3.05) is 6.54 Å². The van der Waals surface area contributed by atoms with Crippen LogP contribution in [0.3, 0.4) is 0 Å². The van der Waals surface area contributed by atoms with Gasteiger partial charge in [-0.15, -0.1) is 0 Å². The summed E-state index contributed by atoms with van der Waals surface area (Å²) >= 11 is 0. The molecule has 0 aliphatic carbocycles. The molecule has 0 aliphatic rings. The first-order chi connectivity index (χ1) is 6.75. The Morgan fingerprint density at radius 2 is 1.86 bits per heavy atom. The Kier molecular flexibility index (Phi) is 6.68. The second kappa shape index (κ2) is 7.27. The Hall–Kier alpha value is -1.15. The minimum atomic E-state index is 0.110.